The summed E-state index contributed by atoms with van der Waals surface area (Å²) in [5.74, 6) is 0. The molecular formula is C10H17NO3. The molecule has 0 aromatic rings. The minimum absolute atomic E-state index is 0.317. The summed E-state index contributed by atoms with van der Waals surface area (Å²) < 4.78 is 4.48. The second-order valence-electron chi connectivity index (χ2n) is 3.44. The van der Waals surface area contributed by atoms with E-state index in [0.29, 0.717) is 0 Å². The van der Waals surface area contributed by atoms with Gasteiger partial charge in [0, 0.05) is 0 Å². The van der Waals surface area contributed by atoms with Gasteiger partial charge in [0.05, 0.1) is 19.3 Å². The SMILES string of the molecule is COC(=O)NC1/C=C/CCCC[C@H]1O. The third-order valence-corrected chi connectivity index (χ3v) is 2.35. The van der Waals surface area contributed by atoms with Crippen LogP contribution < -0.4 is 5.32 Å². The Hall–Kier alpha value is -1.03. The Morgan fingerprint density at radius 1 is 1.57 bits per heavy atom. The van der Waals surface area contributed by atoms with Gasteiger partial charge in [-0.15, -0.1) is 0 Å². The van der Waals surface area contributed by atoms with Crippen molar-refractivity contribution in [3.05, 3.63) is 12.2 Å². The van der Waals surface area contributed by atoms with Crippen LogP contribution in [0.1, 0.15) is 25.7 Å². The molecular weight excluding hydrogens is 182 g/mol. The van der Waals surface area contributed by atoms with Crippen molar-refractivity contribution in [2.75, 3.05) is 7.11 Å². The monoisotopic (exact) mass is 199 g/mol. The van der Waals surface area contributed by atoms with Crippen LogP contribution in [0, 0.1) is 0 Å². The fourth-order valence-corrected chi connectivity index (χ4v) is 1.51. The third-order valence-electron chi connectivity index (χ3n) is 2.35. The van der Waals surface area contributed by atoms with Crippen LogP contribution in [0.5, 0.6) is 0 Å². The summed E-state index contributed by atoms with van der Waals surface area (Å²) in [4.78, 5) is 10.9. The second kappa shape index (κ2) is 5.65. The van der Waals surface area contributed by atoms with E-state index in [2.05, 4.69) is 10.1 Å². The van der Waals surface area contributed by atoms with Gasteiger partial charge in [-0.2, -0.15) is 0 Å². The van der Waals surface area contributed by atoms with E-state index in [-0.39, 0.29) is 6.04 Å². The van der Waals surface area contributed by atoms with Crippen LogP contribution in [0.2, 0.25) is 0 Å². The van der Waals surface area contributed by atoms with Crippen molar-refractivity contribution < 1.29 is 14.6 Å². The summed E-state index contributed by atoms with van der Waals surface area (Å²) in [5, 5.41) is 12.3. The van der Waals surface area contributed by atoms with Crippen molar-refractivity contribution in [1.82, 2.24) is 5.32 Å². The summed E-state index contributed by atoms with van der Waals surface area (Å²) in [5.41, 5.74) is 0. The fraction of sp³-hybridized carbons (Fsp3) is 0.700. The van der Waals surface area contributed by atoms with Crippen LogP contribution in [0.3, 0.4) is 0 Å². The van der Waals surface area contributed by atoms with Crippen LogP contribution in [0.4, 0.5) is 4.79 Å². The van der Waals surface area contributed by atoms with E-state index < -0.39 is 12.2 Å². The second-order valence-corrected chi connectivity index (χ2v) is 3.44. The zero-order valence-electron chi connectivity index (χ0n) is 8.40. The minimum atomic E-state index is -0.509. The number of carbonyl (C=O) groups is 1. The van der Waals surface area contributed by atoms with Gasteiger partial charge in [-0.3, -0.25) is 0 Å². The average Bonchev–Trinajstić information content (AvgIpc) is 2.17. The van der Waals surface area contributed by atoms with Crippen molar-refractivity contribution >= 4 is 6.09 Å². The number of methoxy groups -OCH3 is 1. The lowest BCUT2D eigenvalue weighted by atomic mass is 10.00. The van der Waals surface area contributed by atoms with E-state index >= 15 is 0 Å². The number of aliphatic hydroxyl groups excluding tert-OH is 1. The van der Waals surface area contributed by atoms with E-state index in [0.717, 1.165) is 25.7 Å². The van der Waals surface area contributed by atoms with Gasteiger partial charge < -0.3 is 15.2 Å². The molecule has 1 amide bonds. The minimum Gasteiger partial charge on any atom is -0.453 e. The van der Waals surface area contributed by atoms with Gasteiger partial charge in [-0.25, -0.2) is 4.79 Å². The molecule has 0 spiro atoms. The van der Waals surface area contributed by atoms with Gasteiger partial charge in [-0.1, -0.05) is 18.6 Å². The molecule has 80 valence electrons. The topological polar surface area (TPSA) is 58.6 Å². The summed E-state index contributed by atoms with van der Waals surface area (Å²) in [7, 11) is 1.31. The molecule has 0 aromatic heterocycles. The Morgan fingerprint density at radius 3 is 3.07 bits per heavy atom. The predicted molar refractivity (Wildman–Crippen MR) is 52.9 cm³/mol. The van der Waals surface area contributed by atoms with Gasteiger partial charge in [0.25, 0.3) is 0 Å². The molecule has 0 aliphatic heterocycles. The van der Waals surface area contributed by atoms with Crippen molar-refractivity contribution in [2.24, 2.45) is 0 Å². The number of hydrogen-bond donors (Lipinski definition) is 2. The Balaban J connectivity index is 2.52. The van der Waals surface area contributed by atoms with Gasteiger partial charge in [0.15, 0.2) is 0 Å². The Morgan fingerprint density at radius 2 is 2.36 bits per heavy atom. The number of hydrogen-bond acceptors (Lipinski definition) is 3. The molecule has 1 unspecified atom stereocenters. The molecule has 2 atom stereocenters. The van der Waals surface area contributed by atoms with Gasteiger partial charge in [0.2, 0.25) is 0 Å². The summed E-state index contributed by atoms with van der Waals surface area (Å²) in [6.07, 6.45) is 6.63. The van der Waals surface area contributed by atoms with E-state index in [4.69, 9.17) is 0 Å². The van der Waals surface area contributed by atoms with Crippen molar-refractivity contribution in [1.29, 1.82) is 0 Å². The molecule has 0 saturated heterocycles. The van der Waals surface area contributed by atoms with Gasteiger partial charge in [0.1, 0.15) is 0 Å². The lowest BCUT2D eigenvalue weighted by Crippen LogP contribution is -2.42. The molecule has 0 radical (unpaired) electrons. The molecule has 0 aromatic carbocycles. The highest BCUT2D eigenvalue weighted by Gasteiger charge is 2.19. The fourth-order valence-electron chi connectivity index (χ4n) is 1.51. The molecule has 2 N–H and O–H groups in total. The summed E-state index contributed by atoms with van der Waals surface area (Å²) >= 11 is 0. The number of alkyl carbamates (subject to hydrolysis) is 1. The lowest BCUT2D eigenvalue weighted by molar-refractivity contribution is 0.118. The van der Waals surface area contributed by atoms with Crippen LogP contribution in [0.25, 0.3) is 0 Å². The quantitative estimate of drug-likeness (QED) is 0.624. The molecule has 1 aliphatic carbocycles. The van der Waals surface area contributed by atoms with E-state index in [1.165, 1.54) is 7.11 Å². The molecule has 1 rings (SSSR count). The molecule has 1 aliphatic rings. The standard InChI is InChI=1S/C10H17NO3/c1-14-10(13)11-8-6-4-2-3-5-7-9(8)12/h4,6,8-9,12H,2-3,5,7H2,1H3,(H,11,13)/b6-4+/t8?,9-/m1/s1. The Labute approximate surface area is 83.9 Å². The first kappa shape index (κ1) is 11.0. The highest BCUT2D eigenvalue weighted by Crippen LogP contribution is 2.12. The Bertz CT molecular complexity index is 215. The molecule has 0 bridgehead atoms. The van der Waals surface area contributed by atoms with Gasteiger partial charge in [-0.05, 0) is 19.3 Å². The molecule has 0 fully saturated rings. The van der Waals surface area contributed by atoms with Crippen LogP contribution in [-0.2, 0) is 4.74 Å². The maximum Gasteiger partial charge on any atom is 0.407 e. The van der Waals surface area contributed by atoms with Crippen molar-refractivity contribution in [3.63, 3.8) is 0 Å². The maximum absolute atomic E-state index is 10.9. The molecule has 4 heteroatoms. The van der Waals surface area contributed by atoms with Gasteiger partial charge >= 0.3 is 6.09 Å². The van der Waals surface area contributed by atoms with Crippen molar-refractivity contribution in [3.8, 4) is 0 Å². The number of nitrogens with one attached hydrogen (secondary N) is 1. The molecule has 0 saturated carbocycles. The smallest absolute Gasteiger partial charge is 0.407 e. The number of amides is 1. The number of allylic oxidation sites excluding steroid dienone is 1. The maximum atomic E-state index is 10.9. The Kier molecular flexibility index (Phi) is 4.46. The zero-order valence-corrected chi connectivity index (χ0v) is 8.40. The normalized spacial score (nSPS) is 29.9. The molecule has 0 heterocycles. The summed E-state index contributed by atoms with van der Waals surface area (Å²) in [6, 6.07) is -0.317. The largest absolute Gasteiger partial charge is 0.453 e. The number of aliphatic hydroxyl groups is 1. The highest BCUT2D eigenvalue weighted by atomic mass is 16.5. The average molecular weight is 199 g/mol. The molecule has 4 nitrogen and oxygen atoms in total. The van der Waals surface area contributed by atoms with Crippen LogP contribution in [-0.4, -0.2) is 30.5 Å². The molecule has 14 heavy (non-hydrogen) atoms. The zero-order chi connectivity index (χ0) is 10.4. The summed E-state index contributed by atoms with van der Waals surface area (Å²) in [6.45, 7) is 0. The van der Waals surface area contributed by atoms with Crippen molar-refractivity contribution in [2.45, 2.75) is 37.8 Å². The van der Waals surface area contributed by atoms with E-state index in [1.807, 2.05) is 12.2 Å². The first-order valence-corrected chi connectivity index (χ1v) is 4.93. The number of rotatable bonds is 1. The predicted octanol–water partition coefficient (Wildman–Crippen LogP) is 1.20. The first-order chi connectivity index (χ1) is 6.74. The third kappa shape index (κ3) is 3.38. The first-order valence-electron chi connectivity index (χ1n) is 4.93. The number of ether oxygens (including phenoxy) is 1. The lowest BCUT2D eigenvalue weighted by Gasteiger charge is -2.22. The van der Waals surface area contributed by atoms with E-state index in [9.17, 15) is 9.90 Å². The van der Waals surface area contributed by atoms with Crippen LogP contribution >= 0.6 is 0 Å². The van der Waals surface area contributed by atoms with Crippen LogP contribution in [0.15, 0.2) is 12.2 Å². The highest BCUT2D eigenvalue weighted by molar-refractivity contribution is 5.67. The van der Waals surface area contributed by atoms with E-state index in [1.54, 1.807) is 0 Å². The number of carbonyl (C=O) groups excluding carboxylic acids is 1.